The van der Waals surface area contributed by atoms with E-state index in [-0.39, 0.29) is 12.5 Å². The Morgan fingerprint density at radius 3 is 2.47 bits per heavy atom. The lowest BCUT2D eigenvalue weighted by atomic mass is 10.00. The van der Waals surface area contributed by atoms with E-state index in [1.165, 1.54) is 19.3 Å². The maximum atomic E-state index is 13.4. The van der Waals surface area contributed by atoms with Crippen LogP contribution in [0.15, 0.2) is 72.8 Å². The number of benzene rings is 3. The van der Waals surface area contributed by atoms with Crippen LogP contribution in [-0.4, -0.2) is 32.2 Å². The van der Waals surface area contributed by atoms with Gasteiger partial charge in [0, 0.05) is 18.8 Å². The SMILES string of the molecule is CCCOc1cccc(-c2ccc3c(c2)CNCCCCCCCN3C(=O)COc2ccccc2)c1. The van der Waals surface area contributed by atoms with Crippen LogP contribution in [0.3, 0.4) is 0 Å². The van der Waals surface area contributed by atoms with Gasteiger partial charge in [0.15, 0.2) is 6.61 Å². The molecule has 1 N–H and O–H groups in total. The summed E-state index contributed by atoms with van der Waals surface area (Å²) in [5.41, 5.74) is 4.33. The van der Waals surface area contributed by atoms with Crippen molar-refractivity contribution in [1.82, 2.24) is 5.32 Å². The molecule has 4 rings (SSSR count). The molecule has 0 aliphatic carbocycles. The number of carbonyl (C=O) groups is 1. The molecule has 0 fully saturated rings. The van der Waals surface area contributed by atoms with Gasteiger partial charge in [-0.05, 0) is 78.9 Å². The Bertz CT molecular complexity index is 1100. The van der Waals surface area contributed by atoms with Crippen LogP contribution >= 0.6 is 0 Å². The monoisotopic (exact) mass is 486 g/mol. The molecular weight excluding hydrogens is 448 g/mol. The number of para-hydroxylation sites is 1. The first-order valence-corrected chi connectivity index (χ1v) is 13.3. The van der Waals surface area contributed by atoms with E-state index in [1.807, 2.05) is 47.4 Å². The van der Waals surface area contributed by atoms with Crippen molar-refractivity contribution in [2.75, 3.05) is 31.2 Å². The predicted octanol–water partition coefficient (Wildman–Crippen LogP) is 6.61. The first-order valence-electron chi connectivity index (χ1n) is 13.3. The summed E-state index contributed by atoms with van der Waals surface area (Å²) in [5.74, 6) is 1.58. The van der Waals surface area contributed by atoms with Gasteiger partial charge >= 0.3 is 0 Å². The van der Waals surface area contributed by atoms with Crippen molar-refractivity contribution in [2.24, 2.45) is 0 Å². The number of nitrogens with one attached hydrogen (secondary N) is 1. The molecule has 0 unspecified atom stereocenters. The molecule has 0 aromatic heterocycles. The van der Waals surface area contributed by atoms with Gasteiger partial charge in [-0.25, -0.2) is 0 Å². The molecular formula is C31H38N2O3. The normalized spacial score (nSPS) is 14.8. The van der Waals surface area contributed by atoms with E-state index in [0.29, 0.717) is 18.9 Å². The maximum absolute atomic E-state index is 13.4. The number of nitrogens with zero attached hydrogens (tertiary/aromatic N) is 1. The van der Waals surface area contributed by atoms with E-state index in [4.69, 9.17) is 9.47 Å². The van der Waals surface area contributed by atoms with Crippen LogP contribution in [-0.2, 0) is 11.3 Å². The van der Waals surface area contributed by atoms with Crippen molar-refractivity contribution in [1.29, 1.82) is 0 Å². The Morgan fingerprint density at radius 2 is 1.61 bits per heavy atom. The molecule has 36 heavy (non-hydrogen) atoms. The highest BCUT2D eigenvalue weighted by Crippen LogP contribution is 2.30. The molecule has 190 valence electrons. The molecule has 0 spiro atoms. The van der Waals surface area contributed by atoms with Crippen LogP contribution in [0, 0.1) is 0 Å². The summed E-state index contributed by atoms with van der Waals surface area (Å²) >= 11 is 0. The molecule has 0 saturated carbocycles. The van der Waals surface area contributed by atoms with Crippen LogP contribution in [0.1, 0.15) is 51.0 Å². The zero-order chi connectivity index (χ0) is 25.0. The van der Waals surface area contributed by atoms with Gasteiger partial charge in [0.1, 0.15) is 11.5 Å². The Balaban J connectivity index is 1.61. The highest BCUT2D eigenvalue weighted by molar-refractivity contribution is 5.95. The third kappa shape index (κ3) is 7.34. The molecule has 3 aromatic rings. The van der Waals surface area contributed by atoms with Crippen LogP contribution in [0.2, 0.25) is 0 Å². The van der Waals surface area contributed by atoms with Gasteiger partial charge in [-0.1, -0.05) is 62.6 Å². The molecule has 0 bridgehead atoms. The number of rotatable bonds is 7. The average Bonchev–Trinajstić information content (AvgIpc) is 2.91. The summed E-state index contributed by atoms with van der Waals surface area (Å²) in [7, 11) is 0. The lowest BCUT2D eigenvalue weighted by Crippen LogP contribution is -2.37. The van der Waals surface area contributed by atoms with Crippen LogP contribution in [0.4, 0.5) is 5.69 Å². The van der Waals surface area contributed by atoms with Gasteiger partial charge in [0.25, 0.3) is 5.91 Å². The van der Waals surface area contributed by atoms with E-state index in [2.05, 4.69) is 42.6 Å². The summed E-state index contributed by atoms with van der Waals surface area (Å²) in [6.45, 7) is 5.24. The molecule has 3 aromatic carbocycles. The zero-order valence-corrected chi connectivity index (χ0v) is 21.4. The highest BCUT2D eigenvalue weighted by atomic mass is 16.5. The quantitative estimate of drug-likeness (QED) is 0.408. The molecule has 0 atom stereocenters. The second-order valence-electron chi connectivity index (χ2n) is 9.31. The molecule has 5 heteroatoms. The fraction of sp³-hybridized carbons (Fsp3) is 0.387. The minimum Gasteiger partial charge on any atom is -0.494 e. The van der Waals surface area contributed by atoms with E-state index in [0.717, 1.165) is 60.5 Å². The average molecular weight is 487 g/mol. The van der Waals surface area contributed by atoms with Crippen LogP contribution in [0.25, 0.3) is 11.1 Å². The number of fused-ring (bicyclic) bond motifs is 1. The summed E-state index contributed by atoms with van der Waals surface area (Å²) in [6.07, 6.45) is 6.69. The smallest absolute Gasteiger partial charge is 0.264 e. The lowest BCUT2D eigenvalue weighted by Gasteiger charge is -2.27. The topological polar surface area (TPSA) is 50.8 Å². The summed E-state index contributed by atoms with van der Waals surface area (Å²) in [5, 5.41) is 3.60. The van der Waals surface area contributed by atoms with Gasteiger partial charge in [0.05, 0.1) is 6.61 Å². The third-order valence-electron chi connectivity index (χ3n) is 6.47. The molecule has 1 amide bonds. The second kappa shape index (κ2) is 13.7. The zero-order valence-electron chi connectivity index (χ0n) is 21.4. The van der Waals surface area contributed by atoms with Crippen LogP contribution < -0.4 is 19.7 Å². The largest absolute Gasteiger partial charge is 0.494 e. The van der Waals surface area contributed by atoms with Gasteiger partial charge in [0.2, 0.25) is 0 Å². The Hall–Kier alpha value is -3.31. The Morgan fingerprint density at radius 1 is 0.833 bits per heavy atom. The summed E-state index contributed by atoms with van der Waals surface area (Å²) < 4.78 is 11.7. The minimum atomic E-state index is -0.0140. The fourth-order valence-electron chi connectivity index (χ4n) is 4.55. The van der Waals surface area contributed by atoms with Crippen molar-refractivity contribution >= 4 is 11.6 Å². The lowest BCUT2D eigenvalue weighted by molar-refractivity contribution is -0.120. The number of anilines is 1. The number of amides is 1. The number of hydrogen-bond acceptors (Lipinski definition) is 4. The number of ether oxygens (including phenoxy) is 2. The van der Waals surface area contributed by atoms with Gasteiger partial charge < -0.3 is 19.7 Å². The van der Waals surface area contributed by atoms with Gasteiger partial charge in [-0.3, -0.25) is 4.79 Å². The van der Waals surface area contributed by atoms with E-state index >= 15 is 0 Å². The molecule has 5 nitrogen and oxygen atoms in total. The van der Waals surface area contributed by atoms with Gasteiger partial charge in [-0.2, -0.15) is 0 Å². The molecule has 1 heterocycles. The first-order chi connectivity index (χ1) is 17.7. The standard InChI is InChI=1S/C31H38N2O3/c1-2-20-35-29-15-11-12-25(22-29)26-16-17-30-27(21-26)23-32-18-9-4-3-5-10-19-33(30)31(34)24-36-28-13-7-6-8-14-28/h6-8,11-17,21-22,32H,2-5,9-10,18-20,23-24H2,1H3. The van der Waals surface area contributed by atoms with Crippen molar-refractivity contribution in [3.8, 4) is 22.6 Å². The van der Waals surface area contributed by atoms with Crippen molar-refractivity contribution < 1.29 is 14.3 Å². The molecule has 1 aliphatic heterocycles. The third-order valence-corrected chi connectivity index (χ3v) is 6.47. The number of carbonyl (C=O) groups excluding carboxylic acids is 1. The van der Waals surface area contributed by atoms with E-state index < -0.39 is 0 Å². The van der Waals surface area contributed by atoms with Crippen molar-refractivity contribution in [3.05, 3.63) is 78.4 Å². The van der Waals surface area contributed by atoms with Crippen molar-refractivity contribution in [3.63, 3.8) is 0 Å². The minimum absolute atomic E-state index is 0.0140. The first kappa shape index (κ1) is 25.8. The summed E-state index contributed by atoms with van der Waals surface area (Å²) in [4.78, 5) is 15.3. The predicted molar refractivity (Wildman–Crippen MR) is 147 cm³/mol. The number of hydrogen-bond donors (Lipinski definition) is 1. The highest BCUT2D eigenvalue weighted by Gasteiger charge is 2.20. The molecule has 0 radical (unpaired) electrons. The molecule has 0 saturated heterocycles. The molecule has 1 aliphatic rings. The Kier molecular flexibility index (Phi) is 9.80. The van der Waals surface area contributed by atoms with E-state index in [9.17, 15) is 4.79 Å². The van der Waals surface area contributed by atoms with Gasteiger partial charge in [-0.15, -0.1) is 0 Å². The Labute approximate surface area is 215 Å². The fourth-order valence-corrected chi connectivity index (χ4v) is 4.55. The summed E-state index contributed by atoms with van der Waals surface area (Å²) in [6, 6.07) is 24.2. The second-order valence-corrected chi connectivity index (χ2v) is 9.31. The van der Waals surface area contributed by atoms with Crippen molar-refractivity contribution in [2.45, 2.75) is 52.0 Å². The maximum Gasteiger partial charge on any atom is 0.264 e. The van der Waals surface area contributed by atoms with Crippen LogP contribution in [0.5, 0.6) is 11.5 Å². The van der Waals surface area contributed by atoms with E-state index in [1.54, 1.807) is 0 Å².